The monoisotopic (exact) mass is 287 g/mol. The van der Waals surface area contributed by atoms with Crippen LogP contribution in [0.3, 0.4) is 0 Å². The third-order valence-corrected chi connectivity index (χ3v) is 3.26. The molecule has 0 atom stereocenters. The summed E-state index contributed by atoms with van der Waals surface area (Å²) in [6.07, 6.45) is 0. The van der Waals surface area contributed by atoms with Crippen LogP contribution in [0, 0.1) is 6.92 Å². The molecule has 2 aromatic carbocycles. The summed E-state index contributed by atoms with van der Waals surface area (Å²) < 4.78 is 0. The van der Waals surface area contributed by atoms with Crippen molar-refractivity contribution in [3.05, 3.63) is 47.5 Å². The first-order chi connectivity index (χ1) is 9.93. The second kappa shape index (κ2) is 5.75. The topological polar surface area (TPSA) is 81.0 Å². The SMILES string of the molecule is CCN(C(=O)c1cc(O)ccc1O)c1cc(O)ccc1C. The normalized spacial score (nSPS) is 10.4. The Labute approximate surface area is 122 Å². The van der Waals surface area contributed by atoms with Crippen LogP contribution in [0.25, 0.3) is 0 Å². The number of phenols is 3. The Kier molecular flexibility index (Phi) is 4.03. The molecule has 5 heteroatoms. The summed E-state index contributed by atoms with van der Waals surface area (Å²) in [6, 6.07) is 8.55. The Morgan fingerprint density at radius 2 is 1.67 bits per heavy atom. The molecule has 0 fully saturated rings. The summed E-state index contributed by atoms with van der Waals surface area (Å²) in [7, 11) is 0. The lowest BCUT2D eigenvalue weighted by molar-refractivity contribution is 0.0985. The lowest BCUT2D eigenvalue weighted by atomic mass is 10.1. The molecule has 0 saturated heterocycles. The van der Waals surface area contributed by atoms with E-state index in [1.54, 1.807) is 19.1 Å². The van der Waals surface area contributed by atoms with E-state index >= 15 is 0 Å². The van der Waals surface area contributed by atoms with Gasteiger partial charge in [-0.2, -0.15) is 0 Å². The van der Waals surface area contributed by atoms with Gasteiger partial charge in [0.2, 0.25) is 0 Å². The minimum atomic E-state index is -0.445. The van der Waals surface area contributed by atoms with Crippen LogP contribution in [0.2, 0.25) is 0 Å². The molecular weight excluding hydrogens is 270 g/mol. The van der Waals surface area contributed by atoms with Gasteiger partial charge in [-0.05, 0) is 43.7 Å². The zero-order valence-electron chi connectivity index (χ0n) is 11.9. The van der Waals surface area contributed by atoms with Crippen LogP contribution in [0.4, 0.5) is 5.69 Å². The molecule has 0 unspecified atom stereocenters. The summed E-state index contributed by atoms with van der Waals surface area (Å²) in [5, 5.41) is 28.9. The molecule has 2 aromatic rings. The van der Waals surface area contributed by atoms with Crippen LogP contribution >= 0.6 is 0 Å². The zero-order chi connectivity index (χ0) is 15.6. The van der Waals surface area contributed by atoms with Crippen LogP contribution in [-0.4, -0.2) is 27.8 Å². The molecule has 2 rings (SSSR count). The molecule has 0 radical (unpaired) electrons. The van der Waals surface area contributed by atoms with E-state index in [1.165, 1.54) is 29.2 Å². The number of hydrogen-bond acceptors (Lipinski definition) is 4. The van der Waals surface area contributed by atoms with Crippen molar-refractivity contribution in [3.8, 4) is 17.2 Å². The number of benzene rings is 2. The Balaban J connectivity index is 2.48. The number of anilines is 1. The molecule has 0 aliphatic carbocycles. The Morgan fingerprint density at radius 3 is 2.33 bits per heavy atom. The number of carbonyl (C=O) groups is 1. The maximum atomic E-state index is 12.6. The fourth-order valence-corrected chi connectivity index (χ4v) is 2.15. The van der Waals surface area contributed by atoms with Crippen LogP contribution < -0.4 is 4.90 Å². The molecule has 5 nitrogen and oxygen atoms in total. The van der Waals surface area contributed by atoms with E-state index in [1.807, 2.05) is 6.92 Å². The van der Waals surface area contributed by atoms with Gasteiger partial charge in [0.15, 0.2) is 0 Å². The van der Waals surface area contributed by atoms with Gasteiger partial charge in [0.1, 0.15) is 17.2 Å². The van der Waals surface area contributed by atoms with Crippen molar-refractivity contribution in [2.24, 2.45) is 0 Å². The summed E-state index contributed by atoms with van der Waals surface area (Å²) in [5.41, 5.74) is 1.40. The first-order valence-electron chi connectivity index (χ1n) is 6.57. The van der Waals surface area contributed by atoms with Crippen molar-refractivity contribution in [2.45, 2.75) is 13.8 Å². The van der Waals surface area contributed by atoms with E-state index in [4.69, 9.17) is 0 Å². The predicted octanol–water partition coefficient (Wildman–Crippen LogP) is 2.78. The van der Waals surface area contributed by atoms with Crippen LogP contribution in [-0.2, 0) is 0 Å². The van der Waals surface area contributed by atoms with Gasteiger partial charge in [-0.15, -0.1) is 0 Å². The molecule has 0 aliphatic rings. The quantitative estimate of drug-likeness (QED) is 0.758. The fourth-order valence-electron chi connectivity index (χ4n) is 2.15. The molecule has 0 aliphatic heterocycles. The number of carbonyl (C=O) groups excluding carboxylic acids is 1. The van der Waals surface area contributed by atoms with Gasteiger partial charge in [0.05, 0.1) is 11.3 Å². The summed E-state index contributed by atoms with van der Waals surface area (Å²) in [6.45, 7) is 3.98. The smallest absolute Gasteiger partial charge is 0.262 e. The van der Waals surface area contributed by atoms with Crippen molar-refractivity contribution in [1.82, 2.24) is 0 Å². The van der Waals surface area contributed by atoms with Crippen LogP contribution in [0.15, 0.2) is 36.4 Å². The lowest BCUT2D eigenvalue weighted by Crippen LogP contribution is -2.31. The maximum absolute atomic E-state index is 12.6. The number of aryl methyl sites for hydroxylation is 1. The molecule has 0 heterocycles. The average Bonchev–Trinajstić information content (AvgIpc) is 2.46. The highest BCUT2D eigenvalue weighted by atomic mass is 16.3. The van der Waals surface area contributed by atoms with Gasteiger partial charge >= 0.3 is 0 Å². The number of aromatic hydroxyl groups is 3. The van der Waals surface area contributed by atoms with Crippen molar-refractivity contribution in [1.29, 1.82) is 0 Å². The van der Waals surface area contributed by atoms with Crippen molar-refractivity contribution < 1.29 is 20.1 Å². The molecular formula is C16H17NO4. The van der Waals surface area contributed by atoms with Gasteiger partial charge < -0.3 is 20.2 Å². The van der Waals surface area contributed by atoms with Gasteiger partial charge in [-0.3, -0.25) is 4.79 Å². The van der Waals surface area contributed by atoms with Gasteiger partial charge in [0, 0.05) is 12.6 Å². The van der Waals surface area contributed by atoms with Crippen LogP contribution in [0.1, 0.15) is 22.8 Å². The zero-order valence-corrected chi connectivity index (χ0v) is 11.9. The summed E-state index contributed by atoms with van der Waals surface area (Å²) >= 11 is 0. The number of hydrogen-bond donors (Lipinski definition) is 3. The van der Waals surface area contributed by atoms with E-state index in [0.29, 0.717) is 12.2 Å². The Bertz CT molecular complexity index is 682. The second-order valence-electron chi connectivity index (χ2n) is 4.72. The Morgan fingerprint density at radius 1 is 1.05 bits per heavy atom. The highest BCUT2D eigenvalue weighted by Gasteiger charge is 2.21. The molecule has 1 amide bonds. The molecule has 0 saturated carbocycles. The third-order valence-electron chi connectivity index (χ3n) is 3.26. The molecule has 0 spiro atoms. The van der Waals surface area contributed by atoms with E-state index in [9.17, 15) is 20.1 Å². The minimum Gasteiger partial charge on any atom is -0.508 e. The van der Waals surface area contributed by atoms with Crippen molar-refractivity contribution in [3.63, 3.8) is 0 Å². The second-order valence-corrected chi connectivity index (χ2v) is 4.72. The first kappa shape index (κ1) is 14.7. The molecule has 0 aromatic heterocycles. The summed E-state index contributed by atoms with van der Waals surface area (Å²) in [4.78, 5) is 14.0. The molecule has 3 N–H and O–H groups in total. The fraction of sp³-hybridized carbons (Fsp3) is 0.188. The Hall–Kier alpha value is -2.69. The molecule has 110 valence electrons. The number of nitrogens with zero attached hydrogens (tertiary/aromatic N) is 1. The highest BCUT2D eigenvalue weighted by molar-refractivity contribution is 6.08. The van der Waals surface area contributed by atoms with Gasteiger partial charge in [-0.1, -0.05) is 6.07 Å². The number of amides is 1. The summed E-state index contributed by atoms with van der Waals surface area (Å²) in [5.74, 6) is -0.685. The maximum Gasteiger partial charge on any atom is 0.262 e. The predicted molar refractivity (Wildman–Crippen MR) is 80.0 cm³/mol. The average molecular weight is 287 g/mol. The van der Waals surface area contributed by atoms with E-state index in [-0.39, 0.29) is 22.8 Å². The molecule has 21 heavy (non-hydrogen) atoms. The number of rotatable bonds is 3. The minimum absolute atomic E-state index is 0.0135. The largest absolute Gasteiger partial charge is 0.508 e. The lowest BCUT2D eigenvalue weighted by Gasteiger charge is -2.23. The third kappa shape index (κ3) is 2.91. The first-order valence-corrected chi connectivity index (χ1v) is 6.57. The van der Waals surface area contributed by atoms with Crippen LogP contribution in [0.5, 0.6) is 17.2 Å². The van der Waals surface area contributed by atoms with E-state index in [2.05, 4.69) is 0 Å². The standard InChI is InChI=1S/C16H17NO4/c1-3-17(14-9-12(19)5-4-10(14)2)16(21)13-8-11(18)6-7-15(13)20/h4-9,18-20H,3H2,1-2H3. The van der Waals surface area contributed by atoms with Gasteiger partial charge in [-0.25, -0.2) is 0 Å². The molecule has 0 bridgehead atoms. The van der Waals surface area contributed by atoms with E-state index < -0.39 is 5.91 Å². The highest BCUT2D eigenvalue weighted by Crippen LogP contribution is 2.29. The van der Waals surface area contributed by atoms with Crippen molar-refractivity contribution in [2.75, 3.05) is 11.4 Å². The van der Waals surface area contributed by atoms with Crippen molar-refractivity contribution >= 4 is 11.6 Å². The van der Waals surface area contributed by atoms with E-state index in [0.717, 1.165) is 5.56 Å². The van der Waals surface area contributed by atoms with Gasteiger partial charge in [0.25, 0.3) is 5.91 Å². The number of phenolic OH excluding ortho intramolecular Hbond substituents is 3.